The lowest BCUT2D eigenvalue weighted by Crippen LogP contribution is -2.30. The third-order valence-electron chi connectivity index (χ3n) is 2.76. The number of rotatable bonds is 9. The molecule has 0 aliphatic heterocycles. The summed E-state index contributed by atoms with van der Waals surface area (Å²) < 4.78 is 6.69. The number of aromatic nitrogens is 3. The molecule has 1 heterocycles. The molecule has 0 atom stereocenters. The number of nitrogens with one attached hydrogen (secondary N) is 1. The number of hydrogen-bond acceptors (Lipinski definition) is 5. The maximum absolute atomic E-state index is 11.8. The van der Waals surface area contributed by atoms with Crippen LogP contribution in [0.5, 0.6) is 0 Å². The van der Waals surface area contributed by atoms with Crippen LogP contribution in [0.25, 0.3) is 0 Å². The molecule has 0 bridgehead atoms. The van der Waals surface area contributed by atoms with Gasteiger partial charge in [0, 0.05) is 13.2 Å². The van der Waals surface area contributed by atoms with Crippen LogP contribution >= 0.6 is 0 Å². The number of amides is 1. The molecular formula is C13H22N4O4. The van der Waals surface area contributed by atoms with Crippen molar-refractivity contribution < 1.29 is 19.4 Å². The van der Waals surface area contributed by atoms with Crippen LogP contribution in [0.2, 0.25) is 0 Å². The van der Waals surface area contributed by atoms with Crippen molar-refractivity contribution >= 4 is 11.9 Å². The van der Waals surface area contributed by atoms with Crippen molar-refractivity contribution in [3.8, 4) is 0 Å². The minimum Gasteiger partial charge on any atom is -0.476 e. The van der Waals surface area contributed by atoms with Gasteiger partial charge in [0.15, 0.2) is 5.69 Å². The number of carboxylic acids is 1. The second-order valence-electron chi connectivity index (χ2n) is 4.82. The first-order chi connectivity index (χ1) is 9.95. The van der Waals surface area contributed by atoms with Gasteiger partial charge in [-0.3, -0.25) is 4.79 Å². The van der Waals surface area contributed by atoms with E-state index in [0.717, 1.165) is 6.42 Å². The highest BCUT2D eigenvalue weighted by Crippen LogP contribution is 2.06. The Hall–Kier alpha value is -1.96. The molecule has 2 N–H and O–H groups in total. The molecule has 1 aromatic heterocycles. The lowest BCUT2D eigenvalue weighted by molar-refractivity contribution is -0.121. The van der Waals surface area contributed by atoms with Crippen molar-refractivity contribution in [3.63, 3.8) is 0 Å². The molecule has 0 fully saturated rings. The van der Waals surface area contributed by atoms with E-state index < -0.39 is 5.97 Å². The first kappa shape index (κ1) is 17.1. The Kier molecular flexibility index (Phi) is 6.80. The summed E-state index contributed by atoms with van der Waals surface area (Å²) in [6, 6.07) is 0. The first-order valence-corrected chi connectivity index (χ1v) is 6.99. The van der Waals surface area contributed by atoms with Crippen LogP contribution in [0, 0.1) is 0 Å². The lowest BCUT2D eigenvalue weighted by atomic mass is 10.2. The molecule has 1 amide bonds. The van der Waals surface area contributed by atoms with E-state index in [-0.39, 0.29) is 24.2 Å². The van der Waals surface area contributed by atoms with Crippen LogP contribution in [0.1, 0.15) is 43.4 Å². The van der Waals surface area contributed by atoms with Crippen molar-refractivity contribution in [2.24, 2.45) is 0 Å². The standard InChI is InChI=1S/C13H22N4O4/c1-4-10-12(13(19)20)15-16-17(10)8-11(18)14-6-5-7-21-9(2)3/h9H,4-8H2,1-3H3,(H,14,18)(H,19,20). The van der Waals surface area contributed by atoms with Crippen molar-refractivity contribution in [2.45, 2.75) is 46.3 Å². The number of hydrogen-bond donors (Lipinski definition) is 2. The van der Waals surface area contributed by atoms with Crippen LogP contribution in [-0.4, -0.2) is 51.2 Å². The fourth-order valence-electron chi connectivity index (χ4n) is 1.79. The third-order valence-corrected chi connectivity index (χ3v) is 2.76. The summed E-state index contributed by atoms with van der Waals surface area (Å²) in [5.41, 5.74) is 0.344. The smallest absolute Gasteiger partial charge is 0.358 e. The maximum Gasteiger partial charge on any atom is 0.358 e. The van der Waals surface area contributed by atoms with Crippen LogP contribution in [0.15, 0.2) is 0 Å². The number of aromatic carboxylic acids is 1. The lowest BCUT2D eigenvalue weighted by Gasteiger charge is -2.09. The van der Waals surface area contributed by atoms with Crippen LogP contribution < -0.4 is 5.32 Å². The monoisotopic (exact) mass is 298 g/mol. The molecule has 1 aromatic rings. The van der Waals surface area contributed by atoms with Gasteiger partial charge >= 0.3 is 5.97 Å². The summed E-state index contributed by atoms with van der Waals surface area (Å²) in [7, 11) is 0. The number of nitrogens with zero attached hydrogens (tertiary/aromatic N) is 3. The molecule has 0 aliphatic rings. The summed E-state index contributed by atoms with van der Waals surface area (Å²) in [6.07, 6.45) is 1.35. The molecule has 0 radical (unpaired) electrons. The van der Waals surface area contributed by atoms with Gasteiger partial charge in [-0.2, -0.15) is 0 Å². The van der Waals surface area contributed by atoms with Crippen molar-refractivity contribution in [2.75, 3.05) is 13.2 Å². The van der Waals surface area contributed by atoms with Gasteiger partial charge in [0.25, 0.3) is 0 Å². The van der Waals surface area contributed by atoms with Gasteiger partial charge in [-0.25, -0.2) is 9.48 Å². The summed E-state index contributed by atoms with van der Waals surface area (Å²) >= 11 is 0. The quantitative estimate of drug-likeness (QED) is 0.642. The number of carbonyl (C=O) groups excluding carboxylic acids is 1. The maximum atomic E-state index is 11.8. The second kappa shape index (κ2) is 8.35. The van der Waals surface area contributed by atoms with Crippen LogP contribution in [-0.2, 0) is 22.5 Å². The minimum atomic E-state index is -1.13. The zero-order chi connectivity index (χ0) is 15.8. The average Bonchev–Trinajstić information content (AvgIpc) is 2.80. The second-order valence-corrected chi connectivity index (χ2v) is 4.82. The Labute approximate surface area is 123 Å². The van der Waals surface area contributed by atoms with Crippen molar-refractivity contribution in [1.82, 2.24) is 20.3 Å². The number of ether oxygens (including phenoxy) is 1. The zero-order valence-electron chi connectivity index (χ0n) is 12.6. The van der Waals surface area contributed by atoms with Gasteiger partial charge in [-0.05, 0) is 26.7 Å². The van der Waals surface area contributed by atoms with Gasteiger partial charge < -0.3 is 15.2 Å². The Morgan fingerprint density at radius 2 is 2.14 bits per heavy atom. The molecule has 1 rings (SSSR count). The molecule has 0 unspecified atom stereocenters. The topological polar surface area (TPSA) is 106 Å². The van der Waals surface area contributed by atoms with E-state index in [2.05, 4.69) is 15.6 Å². The molecule has 0 spiro atoms. The van der Waals surface area contributed by atoms with E-state index in [0.29, 0.717) is 25.3 Å². The van der Waals surface area contributed by atoms with Gasteiger partial charge in [-0.1, -0.05) is 12.1 Å². The number of carboxylic acid groups (broad SMARTS) is 1. The highest BCUT2D eigenvalue weighted by atomic mass is 16.5. The van der Waals surface area contributed by atoms with Crippen LogP contribution in [0.3, 0.4) is 0 Å². The molecule has 0 saturated carbocycles. The van der Waals surface area contributed by atoms with Gasteiger partial charge in [-0.15, -0.1) is 5.10 Å². The Bertz CT molecular complexity index is 485. The van der Waals surface area contributed by atoms with E-state index in [1.165, 1.54) is 4.68 Å². The predicted molar refractivity (Wildman–Crippen MR) is 75.1 cm³/mol. The van der Waals surface area contributed by atoms with Crippen molar-refractivity contribution in [1.29, 1.82) is 0 Å². The van der Waals surface area contributed by atoms with Gasteiger partial charge in [0.05, 0.1) is 11.8 Å². The Balaban J connectivity index is 2.43. The Morgan fingerprint density at radius 1 is 1.43 bits per heavy atom. The highest BCUT2D eigenvalue weighted by Gasteiger charge is 2.18. The molecule has 118 valence electrons. The fraction of sp³-hybridized carbons (Fsp3) is 0.692. The van der Waals surface area contributed by atoms with Gasteiger partial charge in [0.2, 0.25) is 5.91 Å². The fourth-order valence-corrected chi connectivity index (χ4v) is 1.79. The molecule has 8 nitrogen and oxygen atoms in total. The third kappa shape index (κ3) is 5.50. The average molecular weight is 298 g/mol. The van der Waals surface area contributed by atoms with E-state index >= 15 is 0 Å². The van der Waals surface area contributed by atoms with Gasteiger partial charge in [0.1, 0.15) is 6.54 Å². The minimum absolute atomic E-state index is 0.0332. The summed E-state index contributed by atoms with van der Waals surface area (Å²) in [5, 5.41) is 19.0. The van der Waals surface area contributed by atoms with E-state index in [1.54, 1.807) is 6.92 Å². The van der Waals surface area contributed by atoms with Crippen LogP contribution in [0.4, 0.5) is 0 Å². The molecule has 0 saturated heterocycles. The SMILES string of the molecule is CCc1c(C(=O)O)nnn1CC(=O)NCCCOC(C)C. The van der Waals surface area contributed by atoms with Crippen molar-refractivity contribution in [3.05, 3.63) is 11.4 Å². The molecular weight excluding hydrogens is 276 g/mol. The first-order valence-electron chi connectivity index (χ1n) is 6.99. The van der Waals surface area contributed by atoms with E-state index in [9.17, 15) is 9.59 Å². The largest absolute Gasteiger partial charge is 0.476 e. The zero-order valence-corrected chi connectivity index (χ0v) is 12.6. The molecule has 0 aliphatic carbocycles. The summed E-state index contributed by atoms with van der Waals surface area (Å²) in [5.74, 6) is -1.36. The summed E-state index contributed by atoms with van der Waals surface area (Å²) in [4.78, 5) is 22.7. The number of carbonyl (C=O) groups is 2. The van der Waals surface area contributed by atoms with E-state index in [4.69, 9.17) is 9.84 Å². The summed E-state index contributed by atoms with van der Waals surface area (Å²) in [6.45, 7) is 6.76. The normalized spacial score (nSPS) is 10.9. The molecule has 21 heavy (non-hydrogen) atoms. The predicted octanol–water partition coefficient (Wildman–Crippen LogP) is 0.470. The Morgan fingerprint density at radius 3 is 2.71 bits per heavy atom. The molecule has 8 heteroatoms. The van der Waals surface area contributed by atoms with E-state index in [1.807, 2.05) is 13.8 Å². The molecule has 0 aromatic carbocycles. The highest BCUT2D eigenvalue weighted by molar-refractivity contribution is 5.86.